The number of phosphoric ester groups is 1. The number of aliphatic hydroxyl groups excluding tert-OH is 2. The molecule has 5 atom stereocenters. The van der Waals surface area contributed by atoms with Gasteiger partial charge in [-0.05, 0) is 12.8 Å². The quantitative estimate of drug-likeness (QED) is 0.0739. The molecule has 2 aromatic rings. The Kier molecular flexibility index (Phi) is 20.7. The van der Waals surface area contributed by atoms with Crippen LogP contribution in [0.5, 0.6) is 0 Å². The Bertz CT molecular complexity index is 1210. The van der Waals surface area contributed by atoms with Gasteiger partial charge in [-0.3, -0.25) is 18.2 Å². The molecule has 1 aliphatic heterocycles. The molecule has 22 heteroatoms. The summed E-state index contributed by atoms with van der Waals surface area (Å²) in [6, 6.07) is 0. The molecule has 17 nitrogen and oxygen atoms in total. The Morgan fingerprint density at radius 1 is 1.00 bits per heavy atom. The molecule has 3 rings (SSSR count). The van der Waals surface area contributed by atoms with E-state index in [9.17, 15) is 38.8 Å². The first-order chi connectivity index (χ1) is 18.4. The molecule has 0 saturated carbocycles. The van der Waals surface area contributed by atoms with Gasteiger partial charge in [-0.25, -0.2) is 15.0 Å². The molecule has 1 fully saturated rings. The molecule has 2 aromatic heterocycles. The van der Waals surface area contributed by atoms with Gasteiger partial charge in [0.1, 0.15) is 24.6 Å². The number of rotatable bonds is 16. The largest absolute Gasteiger partial charge is 1.00 e. The number of imidazole rings is 1. The van der Waals surface area contributed by atoms with Crippen molar-refractivity contribution in [2.75, 3.05) is 25.0 Å². The third-order valence-corrected chi connectivity index (χ3v) is 7.90. The van der Waals surface area contributed by atoms with E-state index in [1.165, 1.54) is 24.1 Å². The van der Waals surface area contributed by atoms with Crippen molar-refractivity contribution in [2.24, 2.45) is 0 Å². The van der Waals surface area contributed by atoms with Gasteiger partial charge in [-0.1, -0.05) is 25.7 Å². The van der Waals surface area contributed by atoms with E-state index in [-0.39, 0.29) is 100 Å². The van der Waals surface area contributed by atoms with Crippen LogP contribution in [0.15, 0.2) is 12.7 Å². The fourth-order valence-corrected chi connectivity index (χ4v) is 5.50. The molecule has 1 aliphatic rings. The van der Waals surface area contributed by atoms with Crippen molar-refractivity contribution in [3.05, 3.63) is 12.7 Å². The molecule has 0 spiro atoms. The van der Waals surface area contributed by atoms with E-state index in [1.54, 1.807) is 0 Å². The predicted octanol–water partition coefficient (Wildman–Crippen LogP) is -10.3. The van der Waals surface area contributed by atoms with Crippen LogP contribution in [0.25, 0.3) is 11.2 Å². The number of nitrogens with one attached hydrogen (secondary N) is 2. The van der Waals surface area contributed by atoms with E-state index in [0.29, 0.717) is 24.4 Å². The fourth-order valence-electron chi connectivity index (χ4n) is 4.00. The van der Waals surface area contributed by atoms with Gasteiger partial charge in [-0.15, -0.1) is 0 Å². The summed E-state index contributed by atoms with van der Waals surface area (Å²) in [6.07, 6.45) is 2.74. The fraction of sp³-hybridized carbons (Fsp3) is 0.700. The molecule has 0 bridgehead atoms. The molecule has 1 amide bonds. The van der Waals surface area contributed by atoms with E-state index in [0.717, 1.165) is 38.5 Å². The van der Waals surface area contributed by atoms with Crippen LogP contribution in [-0.4, -0.2) is 73.6 Å². The third kappa shape index (κ3) is 13.8. The topological polar surface area (TPSA) is 256 Å². The van der Waals surface area contributed by atoms with Crippen molar-refractivity contribution < 1.29 is 141 Å². The van der Waals surface area contributed by atoms with Crippen LogP contribution in [0.4, 0.5) is 5.82 Å². The Morgan fingerprint density at radius 2 is 1.62 bits per heavy atom. The molecule has 0 radical (unpaired) electrons. The average Bonchev–Trinajstić information content (AvgIpc) is 3.39. The van der Waals surface area contributed by atoms with Crippen LogP contribution < -0.4 is 114 Å². The monoisotopic (exact) mass is 662 g/mol. The number of hydrogen-bond acceptors (Lipinski definition) is 15. The number of aliphatic hydroxyl groups is 2. The predicted molar refractivity (Wildman–Crippen MR) is 128 cm³/mol. The molecule has 4 N–H and O–H groups in total. The van der Waals surface area contributed by atoms with E-state index in [1.807, 2.05) is 0 Å². The minimum Gasteiger partial charge on any atom is -0.790 e. The number of fused-ring (bicyclic) bond motifs is 1. The second kappa shape index (κ2) is 20.3. The number of ether oxygens (including phenoxy) is 1. The zero-order valence-electron chi connectivity index (χ0n) is 24.1. The summed E-state index contributed by atoms with van der Waals surface area (Å²) >= 11 is 0. The zero-order chi connectivity index (χ0) is 28.6. The third-order valence-electron chi connectivity index (χ3n) is 5.84. The standard InChI is InChI=1S/C20H34N6O11P2.3Na/c1-13(27)21-8-6-4-2-3-5-7-9-22-18-15-19(24-11-23-18)26(12-25-15)20-17(29)16(28)14(36-20)10-35-39(33,34)37-38(30,31)32;;;/h11-12,14,16-17,20,28-29H,2-10H2,1H3,(H,21,27)(H,33,34)(H,22,23,24)(H2,30,31,32);;;/q;3*+1/p-3/t14-,16-,17-,20-;;;/m1.../s1. The summed E-state index contributed by atoms with van der Waals surface area (Å²) in [6.45, 7) is 1.88. The molecule has 1 saturated heterocycles. The van der Waals surface area contributed by atoms with Crippen LogP contribution in [0.1, 0.15) is 51.7 Å². The first kappa shape index (κ1) is 43.0. The summed E-state index contributed by atoms with van der Waals surface area (Å²) in [5, 5.41) is 26.7. The van der Waals surface area contributed by atoms with Crippen LogP contribution >= 0.6 is 15.6 Å². The Balaban J connectivity index is 0.00000560. The SMILES string of the molecule is CC(=O)NCCCCCCCCNc1ncnc2c1ncn2[C@@H]1O[C@H](COP(=O)([O-])OP(=O)([O-])[O-])[C@@H](O)[C@H]1O.[Na+].[Na+].[Na+]. The van der Waals surface area contributed by atoms with Gasteiger partial charge in [0.2, 0.25) is 5.91 Å². The van der Waals surface area contributed by atoms with Gasteiger partial charge in [0.15, 0.2) is 23.2 Å². The Morgan fingerprint density at radius 3 is 2.24 bits per heavy atom. The molecule has 0 aliphatic carbocycles. The number of anilines is 1. The van der Waals surface area contributed by atoms with Crippen LogP contribution in [0, 0.1) is 0 Å². The number of unbranched alkanes of at least 4 members (excludes halogenated alkanes) is 5. The number of nitrogens with zero attached hydrogens (tertiary/aromatic N) is 4. The summed E-state index contributed by atoms with van der Waals surface area (Å²) < 4.78 is 36.6. The van der Waals surface area contributed by atoms with Crippen molar-refractivity contribution in [3.8, 4) is 0 Å². The molecule has 42 heavy (non-hydrogen) atoms. The van der Waals surface area contributed by atoms with E-state index >= 15 is 0 Å². The Hall–Kier alpha value is 0.960. The summed E-state index contributed by atoms with van der Waals surface area (Å²) in [7, 11) is -11.4. The number of amides is 1. The minimum atomic E-state index is -5.88. The van der Waals surface area contributed by atoms with Crippen molar-refractivity contribution in [1.82, 2.24) is 24.8 Å². The van der Waals surface area contributed by atoms with Gasteiger partial charge in [0.05, 0.1) is 20.8 Å². The van der Waals surface area contributed by atoms with Crippen molar-refractivity contribution in [2.45, 2.75) is 70.0 Å². The van der Waals surface area contributed by atoms with Crippen molar-refractivity contribution in [1.29, 1.82) is 0 Å². The molecule has 0 aromatic carbocycles. The molecule has 220 valence electrons. The van der Waals surface area contributed by atoms with E-state index < -0.39 is 46.8 Å². The number of carbonyl (C=O) groups is 1. The Labute approximate surface area is 309 Å². The summed E-state index contributed by atoms with van der Waals surface area (Å²) in [5.74, 6) is 0.428. The first-order valence-electron chi connectivity index (χ1n) is 12.2. The normalized spacial score (nSPS) is 21.5. The second-order valence-electron chi connectivity index (χ2n) is 8.90. The maximum absolute atomic E-state index is 11.5. The van der Waals surface area contributed by atoms with Crippen LogP contribution in [-0.2, 0) is 27.5 Å². The molecular formula is C20H31N6Na3O11P2. The molecule has 1 unspecified atom stereocenters. The van der Waals surface area contributed by atoms with Gasteiger partial charge in [0.25, 0.3) is 7.82 Å². The van der Waals surface area contributed by atoms with Crippen molar-refractivity contribution in [3.63, 3.8) is 0 Å². The maximum Gasteiger partial charge on any atom is 1.00 e. The summed E-state index contributed by atoms with van der Waals surface area (Å²) in [4.78, 5) is 56.0. The smallest absolute Gasteiger partial charge is 0.790 e. The van der Waals surface area contributed by atoms with Crippen molar-refractivity contribution >= 4 is 38.5 Å². The van der Waals surface area contributed by atoms with Gasteiger partial charge in [-0.2, -0.15) is 0 Å². The van der Waals surface area contributed by atoms with E-state index in [4.69, 9.17) is 4.74 Å². The van der Waals surface area contributed by atoms with Crippen LogP contribution in [0.2, 0.25) is 0 Å². The van der Waals surface area contributed by atoms with Gasteiger partial charge < -0.3 is 49.4 Å². The van der Waals surface area contributed by atoms with Crippen LogP contribution in [0.3, 0.4) is 0 Å². The van der Waals surface area contributed by atoms with E-state index in [2.05, 4.69) is 34.4 Å². The number of aromatic nitrogens is 4. The number of hydrogen-bond donors (Lipinski definition) is 4. The number of carbonyl (C=O) groups excluding carboxylic acids is 1. The maximum atomic E-state index is 11.5. The number of phosphoric acid groups is 2. The average molecular weight is 662 g/mol. The van der Waals surface area contributed by atoms with Gasteiger partial charge in [0, 0.05) is 20.0 Å². The second-order valence-corrected chi connectivity index (χ2v) is 11.6. The zero-order valence-corrected chi connectivity index (χ0v) is 31.9. The minimum absolute atomic E-state index is 0. The first-order valence-corrected chi connectivity index (χ1v) is 15.2. The summed E-state index contributed by atoms with van der Waals surface area (Å²) in [5.41, 5.74) is 0.639. The van der Waals surface area contributed by atoms with Gasteiger partial charge >= 0.3 is 88.7 Å². The molecular weight excluding hydrogens is 631 g/mol. The molecule has 3 heterocycles.